The lowest BCUT2D eigenvalue weighted by atomic mass is 9.96. The molecule has 6 N–H and O–H groups in total. The fourth-order valence-corrected chi connectivity index (χ4v) is 5.44. The Bertz CT molecular complexity index is 1750. The number of carboxylic acids is 1. The van der Waals surface area contributed by atoms with Gasteiger partial charge in [0.15, 0.2) is 0 Å². The second-order valence-electron chi connectivity index (χ2n) is 10.8. The lowest BCUT2D eigenvalue weighted by Crippen LogP contribution is -2.43. The Morgan fingerprint density at radius 1 is 0.864 bits per heavy atom. The zero-order valence-electron chi connectivity index (χ0n) is 24.5. The van der Waals surface area contributed by atoms with Crippen LogP contribution in [0.2, 0.25) is 0 Å². The summed E-state index contributed by atoms with van der Waals surface area (Å²) < 4.78 is 0. The average Bonchev–Trinajstić information content (AvgIpc) is 3.57. The number of amidine groups is 1. The van der Waals surface area contributed by atoms with Crippen molar-refractivity contribution in [1.82, 2.24) is 25.5 Å². The number of nitrogens with zero attached hydrogens (tertiary/aromatic N) is 6. The Balaban J connectivity index is 1.39. The van der Waals surface area contributed by atoms with Gasteiger partial charge >= 0.3 is 11.8 Å². The summed E-state index contributed by atoms with van der Waals surface area (Å²) >= 11 is 0. The SMILES string of the molecule is CC(C)[C@@H](C(=O)O)N(Cc1ccc(-c2ccccc2C(=[NH2+])N=NN)cc1)Cc1ccc(-c2ccccc2-c2nn[nH]n2)cc1. The van der Waals surface area contributed by atoms with E-state index in [1.54, 1.807) is 0 Å². The Morgan fingerprint density at radius 2 is 1.41 bits per heavy atom. The summed E-state index contributed by atoms with van der Waals surface area (Å²) in [6, 6.07) is 31.0. The Morgan fingerprint density at radius 3 is 1.93 bits per heavy atom. The first-order chi connectivity index (χ1) is 21.4. The van der Waals surface area contributed by atoms with Crippen molar-refractivity contribution in [3.05, 3.63) is 114 Å². The minimum Gasteiger partial charge on any atom is -0.480 e. The number of tetrazole rings is 1. The molecule has 0 bridgehead atoms. The molecule has 0 spiro atoms. The molecule has 1 aromatic heterocycles. The lowest BCUT2D eigenvalue weighted by Gasteiger charge is -2.31. The second kappa shape index (κ2) is 13.6. The zero-order chi connectivity index (χ0) is 31.1. The Kier molecular flexibility index (Phi) is 9.26. The molecule has 5 rings (SSSR count). The summed E-state index contributed by atoms with van der Waals surface area (Å²) in [4.78, 5) is 14.5. The van der Waals surface area contributed by atoms with Crippen LogP contribution in [0.25, 0.3) is 33.6 Å². The number of aliphatic carboxylic acids is 1. The van der Waals surface area contributed by atoms with E-state index in [2.05, 4.69) is 31.0 Å². The monoisotopic (exact) mass is 588 g/mol. The molecule has 0 saturated heterocycles. The van der Waals surface area contributed by atoms with Gasteiger partial charge in [-0.15, -0.1) is 10.2 Å². The van der Waals surface area contributed by atoms with Crippen LogP contribution in [0.4, 0.5) is 0 Å². The highest BCUT2D eigenvalue weighted by molar-refractivity contribution is 6.01. The van der Waals surface area contributed by atoms with Crippen LogP contribution in [0, 0.1) is 5.92 Å². The van der Waals surface area contributed by atoms with Crippen molar-refractivity contribution in [2.45, 2.75) is 33.0 Å². The van der Waals surface area contributed by atoms with E-state index in [4.69, 9.17) is 11.3 Å². The molecule has 0 saturated carbocycles. The number of H-pyrrole nitrogens is 1. The van der Waals surface area contributed by atoms with Gasteiger partial charge in [-0.2, -0.15) is 5.21 Å². The van der Waals surface area contributed by atoms with E-state index in [1.807, 2.05) is 116 Å². The summed E-state index contributed by atoms with van der Waals surface area (Å²) in [7, 11) is 0. The highest BCUT2D eigenvalue weighted by Gasteiger charge is 2.29. The summed E-state index contributed by atoms with van der Waals surface area (Å²) in [5.41, 5.74) is 7.41. The molecule has 0 unspecified atom stereocenters. The van der Waals surface area contributed by atoms with Crippen LogP contribution in [0.3, 0.4) is 0 Å². The van der Waals surface area contributed by atoms with Crippen LogP contribution in [-0.2, 0) is 17.9 Å². The molecule has 1 atom stereocenters. The molecular weight excluding hydrogens is 554 g/mol. The fourth-order valence-electron chi connectivity index (χ4n) is 5.44. The van der Waals surface area contributed by atoms with Crippen molar-refractivity contribution in [2.75, 3.05) is 0 Å². The maximum absolute atomic E-state index is 12.4. The molecule has 11 heteroatoms. The van der Waals surface area contributed by atoms with Crippen LogP contribution in [0.5, 0.6) is 0 Å². The normalized spacial score (nSPS) is 12.2. The van der Waals surface area contributed by atoms with Crippen molar-refractivity contribution in [3.63, 3.8) is 0 Å². The first kappa shape index (κ1) is 29.9. The summed E-state index contributed by atoms with van der Waals surface area (Å²) in [6.07, 6.45) is 0. The van der Waals surface area contributed by atoms with Crippen LogP contribution in [-0.4, -0.2) is 48.5 Å². The molecule has 5 aromatic rings. The van der Waals surface area contributed by atoms with Crippen molar-refractivity contribution in [1.29, 1.82) is 0 Å². The molecule has 4 aromatic carbocycles. The third-order valence-electron chi connectivity index (χ3n) is 7.46. The minimum atomic E-state index is -0.851. The van der Waals surface area contributed by atoms with Gasteiger partial charge < -0.3 is 5.11 Å². The largest absolute Gasteiger partial charge is 0.480 e. The molecule has 0 aliphatic carbocycles. The maximum atomic E-state index is 12.4. The summed E-state index contributed by atoms with van der Waals surface area (Å²) in [6.45, 7) is 4.78. The number of benzene rings is 4. The van der Waals surface area contributed by atoms with Crippen LogP contribution < -0.4 is 11.3 Å². The Labute approximate surface area is 255 Å². The molecular formula is C33H34N9O2+. The summed E-state index contributed by atoms with van der Waals surface area (Å²) in [5.74, 6) is 5.00. The number of hydrogen-bond donors (Lipinski definition) is 4. The predicted molar refractivity (Wildman–Crippen MR) is 168 cm³/mol. The molecule has 11 nitrogen and oxygen atoms in total. The van der Waals surface area contributed by atoms with E-state index in [1.165, 1.54) is 0 Å². The molecule has 0 aliphatic heterocycles. The van der Waals surface area contributed by atoms with Crippen LogP contribution in [0.1, 0.15) is 30.5 Å². The molecule has 0 radical (unpaired) electrons. The smallest absolute Gasteiger partial charge is 0.351 e. The van der Waals surface area contributed by atoms with Gasteiger partial charge in [-0.1, -0.05) is 105 Å². The predicted octanol–water partition coefficient (Wildman–Crippen LogP) is 4.14. The lowest BCUT2D eigenvalue weighted by molar-refractivity contribution is -0.145. The number of hydrogen-bond acceptors (Lipinski definition) is 6. The third-order valence-corrected chi connectivity index (χ3v) is 7.46. The van der Waals surface area contributed by atoms with Crippen LogP contribution >= 0.6 is 0 Å². The van der Waals surface area contributed by atoms with E-state index < -0.39 is 12.0 Å². The number of rotatable bonds is 11. The van der Waals surface area contributed by atoms with Gasteiger partial charge in [-0.25, -0.2) is 0 Å². The number of aromatic amines is 1. The van der Waals surface area contributed by atoms with Gasteiger partial charge in [-0.05, 0) is 50.6 Å². The van der Waals surface area contributed by atoms with Crippen molar-refractivity contribution >= 4 is 11.8 Å². The van der Waals surface area contributed by atoms with Gasteiger partial charge in [0.1, 0.15) is 6.04 Å². The molecule has 1 heterocycles. The topological polar surface area (TPSA) is 171 Å². The first-order valence-corrected chi connectivity index (χ1v) is 14.2. The highest BCUT2D eigenvalue weighted by atomic mass is 16.4. The number of aromatic nitrogens is 4. The Hall–Kier alpha value is -5.55. The van der Waals surface area contributed by atoms with E-state index in [-0.39, 0.29) is 11.8 Å². The van der Waals surface area contributed by atoms with Crippen molar-refractivity contribution in [2.24, 2.45) is 22.1 Å². The van der Waals surface area contributed by atoms with Gasteiger partial charge in [0.2, 0.25) is 5.82 Å². The summed E-state index contributed by atoms with van der Waals surface area (Å²) in [5, 5.41) is 37.9. The van der Waals surface area contributed by atoms with Gasteiger partial charge in [-0.3, -0.25) is 20.9 Å². The minimum absolute atomic E-state index is 0.102. The molecule has 44 heavy (non-hydrogen) atoms. The molecule has 0 aliphatic rings. The quantitative estimate of drug-likeness (QED) is 0.0590. The van der Waals surface area contributed by atoms with E-state index >= 15 is 0 Å². The van der Waals surface area contributed by atoms with E-state index in [0.717, 1.165) is 44.5 Å². The number of carboxylic acid groups (broad SMARTS) is 1. The number of nitrogens with one attached hydrogen (secondary N) is 1. The van der Waals surface area contributed by atoms with Crippen molar-refractivity contribution < 1.29 is 15.3 Å². The van der Waals surface area contributed by atoms with Crippen molar-refractivity contribution in [3.8, 4) is 33.6 Å². The van der Waals surface area contributed by atoms with Crippen LogP contribution in [0.15, 0.2) is 107 Å². The fraction of sp³-hybridized carbons (Fsp3) is 0.182. The number of nitrogens with two attached hydrogens (primary N) is 2. The average molecular weight is 589 g/mol. The molecule has 0 amide bonds. The molecule has 0 fully saturated rings. The maximum Gasteiger partial charge on any atom is 0.351 e. The third kappa shape index (κ3) is 6.74. The second-order valence-corrected chi connectivity index (χ2v) is 10.8. The van der Waals surface area contributed by atoms with E-state index in [0.29, 0.717) is 18.9 Å². The molecule has 222 valence electrons. The van der Waals surface area contributed by atoms with E-state index in [9.17, 15) is 9.90 Å². The zero-order valence-corrected chi connectivity index (χ0v) is 24.5. The number of carbonyl (C=O) groups is 1. The van der Waals surface area contributed by atoms with Gasteiger partial charge in [0.05, 0.1) is 10.7 Å². The van der Waals surface area contributed by atoms with Gasteiger partial charge in [0.25, 0.3) is 0 Å². The standard InChI is InChI=1S/C33H33N9O2/c1-21(2)30(33(43)44)42(19-22-11-15-24(16-12-22)26-7-3-5-9-28(26)31(34)36-39-35)20-23-13-17-25(18-14-23)27-8-4-6-10-29(27)32-37-40-41-38-32/h3-18,21,30H,19-20H2,1-2H3,(H,43,44)(H3,34,35,36)(H,37,38,40,41)/p+1/t30-/m0/s1. The highest BCUT2D eigenvalue weighted by Crippen LogP contribution is 2.30. The first-order valence-electron chi connectivity index (χ1n) is 14.2. The van der Waals surface area contributed by atoms with Gasteiger partial charge in [0, 0.05) is 23.9 Å².